The molecule has 0 aliphatic heterocycles. The molecule has 2 unspecified atom stereocenters. The van der Waals surface area contributed by atoms with Gasteiger partial charge in [0.05, 0.1) is 18.3 Å². The molecule has 5 nitrogen and oxygen atoms in total. The van der Waals surface area contributed by atoms with Crippen LogP contribution in [0.15, 0.2) is 30.3 Å². The van der Waals surface area contributed by atoms with Gasteiger partial charge in [0.2, 0.25) is 5.91 Å². The number of hydrogen-bond acceptors (Lipinski definition) is 4. The highest BCUT2D eigenvalue weighted by molar-refractivity contribution is 5.85. The van der Waals surface area contributed by atoms with E-state index in [-0.39, 0.29) is 18.8 Å². The van der Waals surface area contributed by atoms with E-state index in [2.05, 4.69) is 5.32 Å². The molecule has 4 N–H and O–H groups in total. The highest BCUT2D eigenvalue weighted by Crippen LogP contribution is 2.20. The monoisotopic (exact) mass is 294 g/mol. The molecule has 21 heavy (non-hydrogen) atoms. The lowest BCUT2D eigenvalue weighted by Crippen LogP contribution is -2.53. The number of amides is 1. The van der Waals surface area contributed by atoms with Gasteiger partial charge in [0.1, 0.15) is 5.54 Å². The quantitative estimate of drug-likeness (QED) is 0.704. The topological polar surface area (TPSA) is 84.6 Å². The number of nitrogens with two attached hydrogens (primary N) is 1. The van der Waals surface area contributed by atoms with Gasteiger partial charge in [0, 0.05) is 6.54 Å². The van der Waals surface area contributed by atoms with E-state index >= 15 is 0 Å². The summed E-state index contributed by atoms with van der Waals surface area (Å²) in [6.07, 6.45) is -0.716. The second-order valence-corrected chi connectivity index (χ2v) is 6.31. The zero-order chi connectivity index (χ0) is 16.1. The molecule has 118 valence electrons. The summed E-state index contributed by atoms with van der Waals surface area (Å²) in [7, 11) is 0. The number of benzene rings is 1. The van der Waals surface area contributed by atoms with Crippen molar-refractivity contribution in [3.63, 3.8) is 0 Å². The standard InChI is InChI=1S/C16H26N2O3/c1-15(2,3)21-11-13(19)10-18-16(4,14(17)20)12-8-6-5-7-9-12/h5-9,13,18-19H,10-11H2,1-4H3,(H2,17,20). The third-order valence-electron chi connectivity index (χ3n) is 3.24. The zero-order valence-corrected chi connectivity index (χ0v) is 13.2. The van der Waals surface area contributed by atoms with Gasteiger partial charge in [-0.05, 0) is 33.3 Å². The van der Waals surface area contributed by atoms with Crippen LogP contribution in [0.3, 0.4) is 0 Å². The first-order chi connectivity index (χ1) is 9.65. The fourth-order valence-electron chi connectivity index (χ4n) is 1.83. The van der Waals surface area contributed by atoms with Gasteiger partial charge in [-0.2, -0.15) is 0 Å². The Morgan fingerprint density at radius 2 is 1.86 bits per heavy atom. The molecule has 1 amide bonds. The minimum Gasteiger partial charge on any atom is -0.389 e. The van der Waals surface area contributed by atoms with Crippen LogP contribution in [-0.4, -0.2) is 35.9 Å². The van der Waals surface area contributed by atoms with Crippen LogP contribution in [0.2, 0.25) is 0 Å². The molecule has 1 rings (SSSR count). The van der Waals surface area contributed by atoms with Gasteiger partial charge in [-0.3, -0.25) is 10.1 Å². The highest BCUT2D eigenvalue weighted by atomic mass is 16.5. The second-order valence-electron chi connectivity index (χ2n) is 6.31. The van der Waals surface area contributed by atoms with Gasteiger partial charge in [-0.1, -0.05) is 30.3 Å². The number of carbonyl (C=O) groups excluding carboxylic acids is 1. The molecule has 1 aromatic carbocycles. The van der Waals surface area contributed by atoms with Crippen molar-refractivity contribution in [2.45, 2.75) is 44.9 Å². The third kappa shape index (κ3) is 5.46. The first kappa shape index (κ1) is 17.6. The molecule has 0 heterocycles. The molecule has 0 aromatic heterocycles. The molecule has 0 spiro atoms. The van der Waals surface area contributed by atoms with Crippen LogP contribution in [0.25, 0.3) is 0 Å². The molecule has 0 radical (unpaired) electrons. The van der Waals surface area contributed by atoms with Crippen molar-refractivity contribution in [1.29, 1.82) is 0 Å². The van der Waals surface area contributed by atoms with E-state index in [1.165, 1.54) is 0 Å². The summed E-state index contributed by atoms with van der Waals surface area (Å²) >= 11 is 0. The molecule has 2 atom stereocenters. The summed E-state index contributed by atoms with van der Waals surface area (Å²) in [6.45, 7) is 7.88. The van der Waals surface area contributed by atoms with Crippen LogP contribution >= 0.6 is 0 Å². The minimum absolute atomic E-state index is 0.195. The molecule has 0 aliphatic carbocycles. The van der Waals surface area contributed by atoms with E-state index in [1.54, 1.807) is 6.92 Å². The summed E-state index contributed by atoms with van der Waals surface area (Å²) in [6, 6.07) is 9.22. The van der Waals surface area contributed by atoms with E-state index < -0.39 is 17.6 Å². The Labute approximate surface area is 126 Å². The average Bonchev–Trinajstić information content (AvgIpc) is 2.42. The number of ether oxygens (including phenoxy) is 1. The van der Waals surface area contributed by atoms with Crippen LogP contribution in [0.4, 0.5) is 0 Å². The molecule has 1 aromatic rings. The number of nitrogens with one attached hydrogen (secondary N) is 1. The Bertz CT molecular complexity index is 456. The number of rotatable bonds is 7. The Kier molecular flexibility index (Phi) is 5.89. The van der Waals surface area contributed by atoms with Crippen molar-refractivity contribution in [2.24, 2.45) is 5.73 Å². The summed E-state index contributed by atoms with van der Waals surface area (Å²) in [5.41, 5.74) is 4.95. The molecule has 0 saturated heterocycles. The maximum atomic E-state index is 11.8. The number of primary amides is 1. The van der Waals surface area contributed by atoms with Gasteiger partial charge < -0.3 is 15.6 Å². The Morgan fingerprint density at radius 3 is 2.33 bits per heavy atom. The van der Waals surface area contributed by atoms with Crippen molar-refractivity contribution in [3.05, 3.63) is 35.9 Å². The Morgan fingerprint density at radius 1 is 1.29 bits per heavy atom. The van der Waals surface area contributed by atoms with Gasteiger partial charge in [-0.25, -0.2) is 0 Å². The van der Waals surface area contributed by atoms with Crippen molar-refractivity contribution in [2.75, 3.05) is 13.2 Å². The van der Waals surface area contributed by atoms with Crippen LogP contribution < -0.4 is 11.1 Å². The number of aliphatic hydroxyl groups is 1. The SMILES string of the molecule is CC(C)(C)OCC(O)CNC(C)(C(N)=O)c1ccccc1. The van der Waals surface area contributed by atoms with E-state index in [9.17, 15) is 9.90 Å². The largest absolute Gasteiger partial charge is 0.389 e. The predicted molar refractivity (Wildman–Crippen MR) is 82.7 cm³/mol. The van der Waals surface area contributed by atoms with E-state index in [0.717, 1.165) is 5.56 Å². The van der Waals surface area contributed by atoms with Crippen molar-refractivity contribution in [3.8, 4) is 0 Å². The summed E-state index contributed by atoms with van der Waals surface area (Å²) in [4.78, 5) is 11.8. The Hall–Kier alpha value is -1.43. The van der Waals surface area contributed by atoms with Crippen LogP contribution in [-0.2, 0) is 15.1 Å². The van der Waals surface area contributed by atoms with Crippen LogP contribution in [0, 0.1) is 0 Å². The predicted octanol–water partition coefficient (Wildman–Crippen LogP) is 1.15. The summed E-state index contributed by atoms with van der Waals surface area (Å²) in [5, 5.41) is 13.0. The lowest BCUT2D eigenvalue weighted by atomic mass is 9.91. The molecular weight excluding hydrogens is 268 g/mol. The van der Waals surface area contributed by atoms with Crippen LogP contribution in [0.1, 0.15) is 33.3 Å². The average molecular weight is 294 g/mol. The fourth-order valence-corrected chi connectivity index (χ4v) is 1.83. The smallest absolute Gasteiger partial charge is 0.242 e. The van der Waals surface area contributed by atoms with Gasteiger partial charge >= 0.3 is 0 Å². The molecule has 0 aliphatic rings. The zero-order valence-electron chi connectivity index (χ0n) is 13.2. The van der Waals surface area contributed by atoms with Gasteiger partial charge in [0.15, 0.2) is 0 Å². The van der Waals surface area contributed by atoms with Gasteiger partial charge in [0.25, 0.3) is 0 Å². The van der Waals surface area contributed by atoms with Crippen molar-refractivity contribution in [1.82, 2.24) is 5.32 Å². The maximum absolute atomic E-state index is 11.8. The minimum atomic E-state index is -1.02. The lowest BCUT2D eigenvalue weighted by Gasteiger charge is -2.30. The molecular formula is C16H26N2O3. The number of carbonyl (C=O) groups is 1. The number of aliphatic hydroxyl groups excluding tert-OH is 1. The Balaban J connectivity index is 2.66. The van der Waals surface area contributed by atoms with E-state index in [0.29, 0.717) is 0 Å². The normalized spacial score (nSPS) is 16.2. The third-order valence-corrected chi connectivity index (χ3v) is 3.24. The van der Waals surface area contributed by atoms with Crippen molar-refractivity contribution < 1.29 is 14.6 Å². The first-order valence-electron chi connectivity index (χ1n) is 7.07. The second kappa shape index (κ2) is 7.02. The molecule has 0 fully saturated rings. The molecule has 0 bridgehead atoms. The molecule has 0 saturated carbocycles. The van der Waals surface area contributed by atoms with E-state index in [1.807, 2.05) is 51.1 Å². The van der Waals surface area contributed by atoms with Crippen molar-refractivity contribution >= 4 is 5.91 Å². The van der Waals surface area contributed by atoms with E-state index in [4.69, 9.17) is 10.5 Å². The summed E-state index contributed by atoms with van der Waals surface area (Å²) in [5.74, 6) is -0.488. The van der Waals surface area contributed by atoms with Crippen LogP contribution in [0.5, 0.6) is 0 Å². The fraction of sp³-hybridized carbons (Fsp3) is 0.562. The lowest BCUT2D eigenvalue weighted by molar-refractivity contribution is -0.124. The number of hydrogen-bond donors (Lipinski definition) is 3. The maximum Gasteiger partial charge on any atom is 0.242 e. The highest BCUT2D eigenvalue weighted by Gasteiger charge is 2.33. The molecule has 5 heteroatoms. The summed E-state index contributed by atoms with van der Waals surface area (Å²) < 4.78 is 5.52. The first-order valence-corrected chi connectivity index (χ1v) is 7.07. The van der Waals surface area contributed by atoms with Gasteiger partial charge in [-0.15, -0.1) is 0 Å².